The maximum Gasteiger partial charge on any atom is 0.157 e. The molecule has 2 aliphatic rings. The summed E-state index contributed by atoms with van der Waals surface area (Å²) < 4.78 is 6.86. The van der Waals surface area contributed by atoms with Gasteiger partial charge in [-0.15, -0.1) is 0 Å². The van der Waals surface area contributed by atoms with Gasteiger partial charge in [-0.3, -0.25) is 4.99 Å². The first kappa shape index (κ1) is 14.3. The number of fused-ring (bicyclic) bond motifs is 1. The van der Waals surface area contributed by atoms with Gasteiger partial charge in [-0.2, -0.15) is 0 Å². The lowest BCUT2D eigenvalue weighted by Crippen LogP contribution is -2.38. The van der Waals surface area contributed by atoms with E-state index in [9.17, 15) is 0 Å². The van der Waals surface area contributed by atoms with Crippen LogP contribution in [-0.4, -0.2) is 23.1 Å². The number of thioether (sulfide) groups is 1. The number of nitrogens with zero attached hydrogens (tertiary/aromatic N) is 1. The molecule has 0 spiro atoms. The van der Waals surface area contributed by atoms with Crippen molar-refractivity contribution in [2.45, 2.75) is 44.5 Å². The van der Waals surface area contributed by atoms with Crippen LogP contribution in [0.3, 0.4) is 0 Å². The third-order valence-corrected chi connectivity index (χ3v) is 5.11. The summed E-state index contributed by atoms with van der Waals surface area (Å²) in [6.07, 6.45) is 2.19. The van der Waals surface area contributed by atoms with Crippen LogP contribution in [0.4, 0.5) is 0 Å². The number of hydrogen-bond donors (Lipinski definition) is 1. The van der Waals surface area contributed by atoms with Gasteiger partial charge >= 0.3 is 0 Å². The normalized spacial score (nSPS) is 27.1. The van der Waals surface area contributed by atoms with Crippen LogP contribution in [0.25, 0.3) is 0 Å². The van der Waals surface area contributed by atoms with Gasteiger partial charge in [0.05, 0.1) is 13.2 Å². The van der Waals surface area contributed by atoms with Crippen molar-refractivity contribution in [2.75, 3.05) is 6.61 Å². The molecular formula is C15H19BrN2OS. The largest absolute Gasteiger partial charge is 0.493 e. The number of halogens is 1. The number of benzene rings is 1. The Bertz CT molecular complexity index is 535. The Hall–Kier alpha value is -0.680. The number of rotatable bonds is 2. The molecule has 2 unspecified atom stereocenters. The molecule has 108 valence electrons. The molecule has 3 nitrogen and oxygen atoms in total. The van der Waals surface area contributed by atoms with E-state index in [0.29, 0.717) is 17.8 Å². The van der Waals surface area contributed by atoms with Gasteiger partial charge in [0.2, 0.25) is 0 Å². The van der Waals surface area contributed by atoms with Crippen molar-refractivity contribution in [3.05, 3.63) is 27.7 Å². The van der Waals surface area contributed by atoms with Crippen LogP contribution >= 0.6 is 27.7 Å². The van der Waals surface area contributed by atoms with Crippen LogP contribution in [0.1, 0.15) is 31.4 Å². The summed E-state index contributed by atoms with van der Waals surface area (Å²) in [7, 11) is 0. The monoisotopic (exact) mass is 354 g/mol. The van der Waals surface area contributed by atoms with Crippen LogP contribution < -0.4 is 10.1 Å². The average molecular weight is 355 g/mol. The summed E-state index contributed by atoms with van der Waals surface area (Å²) in [5.41, 5.74) is 2.47. The first-order valence-electron chi connectivity index (χ1n) is 7.03. The van der Waals surface area contributed by atoms with E-state index >= 15 is 0 Å². The van der Waals surface area contributed by atoms with Crippen molar-refractivity contribution < 1.29 is 4.74 Å². The van der Waals surface area contributed by atoms with Gasteiger partial charge in [0.25, 0.3) is 0 Å². The standard InChI is InChI=1S/C15H19BrN2OS/c1-9-5-10(2)20-15(18-9)17-8-12-7-13(16)6-11-3-4-19-14(11)12/h6-7,9-10H,3-5,8H2,1-2H3,(H,17,18). The van der Waals surface area contributed by atoms with Crippen LogP contribution in [0.2, 0.25) is 0 Å². The first-order valence-corrected chi connectivity index (χ1v) is 8.71. The second-order valence-corrected chi connectivity index (χ2v) is 7.83. The molecule has 1 aromatic rings. The molecule has 0 saturated carbocycles. The summed E-state index contributed by atoms with van der Waals surface area (Å²) >= 11 is 5.41. The van der Waals surface area contributed by atoms with E-state index < -0.39 is 0 Å². The summed E-state index contributed by atoms with van der Waals surface area (Å²) in [5.74, 6) is 1.04. The molecule has 1 fully saturated rings. The molecule has 0 amide bonds. The summed E-state index contributed by atoms with van der Waals surface area (Å²) in [6, 6.07) is 4.78. The van der Waals surface area contributed by atoms with Gasteiger partial charge in [-0.05, 0) is 31.0 Å². The Labute approximate surface area is 132 Å². The quantitative estimate of drug-likeness (QED) is 0.877. The first-order chi connectivity index (χ1) is 9.61. The molecule has 5 heteroatoms. The molecule has 0 radical (unpaired) electrons. The average Bonchev–Trinajstić information content (AvgIpc) is 2.82. The van der Waals surface area contributed by atoms with E-state index in [1.165, 1.54) is 17.5 Å². The fraction of sp³-hybridized carbons (Fsp3) is 0.533. The van der Waals surface area contributed by atoms with Gasteiger partial charge in [0.1, 0.15) is 5.75 Å². The summed E-state index contributed by atoms with van der Waals surface area (Å²) in [6.45, 7) is 5.94. The van der Waals surface area contributed by atoms with Crippen molar-refractivity contribution in [1.29, 1.82) is 0 Å². The van der Waals surface area contributed by atoms with Crippen molar-refractivity contribution in [1.82, 2.24) is 5.32 Å². The van der Waals surface area contributed by atoms with Gasteiger partial charge in [0, 0.05) is 27.7 Å². The highest BCUT2D eigenvalue weighted by atomic mass is 79.9. The number of hydrogen-bond acceptors (Lipinski definition) is 3. The van der Waals surface area contributed by atoms with Crippen LogP contribution in [-0.2, 0) is 13.0 Å². The molecule has 2 atom stereocenters. The Morgan fingerprint density at radius 3 is 3.10 bits per heavy atom. The minimum Gasteiger partial charge on any atom is -0.493 e. The molecule has 1 saturated heterocycles. The van der Waals surface area contributed by atoms with Crippen LogP contribution in [0.15, 0.2) is 21.6 Å². The Balaban J connectivity index is 1.78. The lowest BCUT2D eigenvalue weighted by Gasteiger charge is -2.26. The van der Waals surface area contributed by atoms with Gasteiger partial charge in [-0.1, -0.05) is 34.6 Å². The molecule has 0 bridgehead atoms. The molecule has 20 heavy (non-hydrogen) atoms. The Morgan fingerprint density at radius 2 is 2.30 bits per heavy atom. The Kier molecular flexibility index (Phi) is 4.26. The third kappa shape index (κ3) is 3.14. The van der Waals surface area contributed by atoms with Gasteiger partial charge in [-0.25, -0.2) is 0 Å². The molecular weight excluding hydrogens is 336 g/mol. The molecule has 1 N–H and O–H groups in total. The van der Waals surface area contributed by atoms with Crippen LogP contribution in [0, 0.1) is 0 Å². The lowest BCUT2D eigenvalue weighted by molar-refractivity contribution is 0.353. The molecule has 3 rings (SSSR count). The Morgan fingerprint density at radius 1 is 1.45 bits per heavy atom. The summed E-state index contributed by atoms with van der Waals surface area (Å²) in [5, 5.41) is 5.15. The van der Waals surface area contributed by atoms with Crippen molar-refractivity contribution in [3.63, 3.8) is 0 Å². The van der Waals surface area contributed by atoms with E-state index in [1.54, 1.807) is 0 Å². The highest BCUT2D eigenvalue weighted by Gasteiger charge is 2.21. The number of nitrogens with one attached hydrogen (secondary N) is 1. The number of amidine groups is 1. The summed E-state index contributed by atoms with van der Waals surface area (Å²) in [4.78, 5) is 4.74. The molecule has 0 aromatic heterocycles. The fourth-order valence-electron chi connectivity index (χ4n) is 2.74. The maximum atomic E-state index is 5.75. The zero-order valence-corrected chi connectivity index (χ0v) is 14.2. The van der Waals surface area contributed by atoms with E-state index in [0.717, 1.165) is 28.4 Å². The van der Waals surface area contributed by atoms with E-state index in [2.05, 4.69) is 47.2 Å². The SMILES string of the molecule is CC1CC(C)SC(=NCc2cc(Br)cc3c2OCC3)N1. The number of ether oxygens (including phenoxy) is 1. The minimum absolute atomic E-state index is 0.509. The second kappa shape index (κ2) is 5.98. The zero-order valence-electron chi connectivity index (χ0n) is 11.8. The topological polar surface area (TPSA) is 33.6 Å². The molecule has 0 aliphatic carbocycles. The van der Waals surface area contributed by atoms with Crippen molar-refractivity contribution in [2.24, 2.45) is 4.99 Å². The van der Waals surface area contributed by atoms with E-state index in [-0.39, 0.29) is 0 Å². The number of aliphatic imine (C=N–C) groups is 1. The van der Waals surface area contributed by atoms with Crippen LogP contribution in [0.5, 0.6) is 5.75 Å². The third-order valence-electron chi connectivity index (χ3n) is 3.59. The molecule has 1 aromatic carbocycles. The highest BCUT2D eigenvalue weighted by Crippen LogP contribution is 2.33. The van der Waals surface area contributed by atoms with Gasteiger partial charge < -0.3 is 10.1 Å². The van der Waals surface area contributed by atoms with E-state index in [1.807, 2.05) is 11.8 Å². The lowest BCUT2D eigenvalue weighted by atomic mass is 10.1. The molecule has 2 heterocycles. The highest BCUT2D eigenvalue weighted by molar-refractivity contribution is 9.10. The minimum atomic E-state index is 0.509. The molecule has 2 aliphatic heterocycles. The predicted molar refractivity (Wildman–Crippen MR) is 88.7 cm³/mol. The maximum absolute atomic E-state index is 5.75. The van der Waals surface area contributed by atoms with Crippen molar-refractivity contribution >= 4 is 32.9 Å². The zero-order chi connectivity index (χ0) is 14.1. The van der Waals surface area contributed by atoms with Crippen molar-refractivity contribution in [3.8, 4) is 5.75 Å². The predicted octanol–water partition coefficient (Wildman–Crippen LogP) is 3.74. The fourth-order valence-corrected chi connectivity index (χ4v) is 4.47. The van der Waals surface area contributed by atoms with E-state index in [4.69, 9.17) is 9.73 Å². The second-order valence-electron chi connectivity index (χ2n) is 5.48. The smallest absolute Gasteiger partial charge is 0.157 e. The van der Waals surface area contributed by atoms with Gasteiger partial charge in [0.15, 0.2) is 5.17 Å².